The summed E-state index contributed by atoms with van der Waals surface area (Å²) in [6, 6.07) is 37.8. The van der Waals surface area contributed by atoms with Crippen molar-refractivity contribution in [2.75, 3.05) is 6.61 Å². The van der Waals surface area contributed by atoms with E-state index in [1.807, 2.05) is 79.7 Å². The molecule has 1 aliphatic rings. The van der Waals surface area contributed by atoms with Gasteiger partial charge in [0.05, 0.1) is 31.5 Å². The normalized spacial score (nSPS) is 20.4. The van der Waals surface area contributed by atoms with Crippen molar-refractivity contribution in [3.63, 3.8) is 0 Å². The van der Waals surface area contributed by atoms with Gasteiger partial charge in [-0.05, 0) is 41.8 Å². The van der Waals surface area contributed by atoms with Gasteiger partial charge in [0.15, 0.2) is 0 Å². The van der Waals surface area contributed by atoms with Crippen molar-refractivity contribution < 1.29 is 32.3 Å². The number of ether oxygens (including phenoxy) is 3. The first-order valence-electron chi connectivity index (χ1n) is 14.8. The lowest BCUT2D eigenvalue weighted by atomic mass is 9.89. The van der Waals surface area contributed by atoms with Gasteiger partial charge in [0.2, 0.25) is 0 Å². The molecule has 1 fully saturated rings. The summed E-state index contributed by atoms with van der Waals surface area (Å²) in [5.41, 5.74) is 2.11. The summed E-state index contributed by atoms with van der Waals surface area (Å²) in [4.78, 5) is 0. The summed E-state index contributed by atoms with van der Waals surface area (Å²) in [5.74, 6) is 0.740. The largest absolute Gasteiger partial charge is 0.588 e. The predicted molar refractivity (Wildman–Crippen MR) is 166 cm³/mol. The lowest BCUT2D eigenvalue weighted by Gasteiger charge is -2.41. The van der Waals surface area contributed by atoms with E-state index in [0.717, 1.165) is 17.5 Å². The molecule has 0 bridgehead atoms. The lowest BCUT2D eigenvalue weighted by molar-refractivity contribution is -0.167. The fraction of sp³-hybridized carbons (Fsp3) is 0.314. The third-order valence-corrected chi connectivity index (χ3v) is 8.44. The average molecular weight is 603 g/mol. The number of phosphoric ester groups is 1. The van der Waals surface area contributed by atoms with Gasteiger partial charge in [-0.1, -0.05) is 104 Å². The average Bonchev–Trinajstić information content (AvgIpc) is 3.04. The molecule has 0 aliphatic heterocycles. The van der Waals surface area contributed by atoms with Crippen LogP contribution in [0.4, 0.5) is 0 Å². The molecule has 1 aliphatic carbocycles. The quantitative estimate of drug-likeness (QED) is 0.127. The van der Waals surface area contributed by atoms with Gasteiger partial charge in [0.1, 0.15) is 17.6 Å². The minimum Gasteiger partial charge on any atom is -0.395 e. The molecule has 4 atom stereocenters. The van der Waals surface area contributed by atoms with E-state index in [1.165, 1.54) is 0 Å². The molecule has 0 amide bonds. The van der Waals surface area contributed by atoms with E-state index >= 15 is 0 Å². The van der Waals surface area contributed by atoms with Gasteiger partial charge in [-0.25, -0.2) is 4.57 Å². The Balaban J connectivity index is 1.42. The molecule has 0 spiro atoms. The van der Waals surface area contributed by atoms with E-state index in [9.17, 15) is 4.57 Å². The second-order valence-electron chi connectivity index (χ2n) is 10.5. The summed E-state index contributed by atoms with van der Waals surface area (Å²) in [6.45, 7) is 3.37. The van der Waals surface area contributed by atoms with Crippen molar-refractivity contribution in [2.45, 2.75) is 63.8 Å². The molecule has 0 heterocycles. The minimum atomic E-state index is -4.22. The summed E-state index contributed by atoms with van der Waals surface area (Å²) < 4.78 is 52.0. The molecule has 5 rings (SSSR count). The molecule has 8 heteroatoms. The number of benzene rings is 4. The Morgan fingerprint density at radius 1 is 0.605 bits per heavy atom. The Hall–Kier alpha value is -3.45. The molecule has 0 radical (unpaired) electrons. The maximum absolute atomic E-state index is 14.4. The van der Waals surface area contributed by atoms with Crippen LogP contribution in [0, 0.1) is 0 Å². The molecule has 4 aromatic rings. The number of phosphoric acid groups is 1. The number of para-hydroxylation sites is 2. The first kappa shape index (κ1) is 31.0. The van der Waals surface area contributed by atoms with Crippen LogP contribution < -0.4 is 9.05 Å². The Morgan fingerprint density at radius 2 is 1.05 bits per heavy atom. The third-order valence-electron chi connectivity index (χ3n) is 7.07. The van der Waals surface area contributed by atoms with Gasteiger partial charge >= 0.3 is 7.82 Å². The smallest absolute Gasteiger partial charge is 0.395 e. The topological polar surface area (TPSA) is 72.5 Å². The standard InChI is InChI=1S/C35H39O7P/c1-2-23-37-33-24-32(38-26-28-15-7-3-8-16-28)25-34(39-27-29-17-9-4-10-18-29)35(33)42-43(36,40-30-19-11-5-12-20-30)41-31-21-13-6-14-22-31/h3-22,32-35H,2,23-27H2,1H3/t32-,33+,34+,35-/m0/s1. The highest BCUT2D eigenvalue weighted by Crippen LogP contribution is 2.52. The van der Waals surface area contributed by atoms with Crippen LogP contribution in [0.2, 0.25) is 0 Å². The predicted octanol–water partition coefficient (Wildman–Crippen LogP) is 8.40. The molecule has 0 aromatic heterocycles. The van der Waals surface area contributed by atoms with Gasteiger partial charge < -0.3 is 23.3 Å². The van der Waals surface area contributed by atoms with Crippen molar-refractivity contribution in [2.24, 2.45) is 0 Å². The fourth-order valence-corrected chi connectivity index (χ4v) is 6.44. The molecule has 0 N–H and O–H groups in total. The molecule has 0 saturated heterocycles. The molecule has 4 aromatic carbocycles. The van der Waals surface area contributed by atoms with Crippen LogP contribution in [0.15, 0.2) is 121 Å². The van der Waals surface area contributed by atoms with Crippen molar-refractivity contribution in [3.05, 3.63) is 132 Å². The van der Waals surface area contributed by atoms with Crippen molar-refractivity contribution >= 4 is 7.82 Å². The summed E-state index contributed by atoms with van der Waals surface area (Å²) >= 11 is 0. The zero-order chi connectivity index (χ0) is 29.7. The van der Waals surface area contributed by atoms with E-state index in [-0.39, 0.29) is 6.10 Å². The summed E-state index contributed by atoms with van der Waals surface area (Å²) in [5, 5.41) is 0. The SMILES string of the molecule is CCCO[C@@H]1C[C@H](OCc2ccccc2)C[C@@H](OCc2ccccc2)[C@H]1OP(=O)(Oc1ccccc1)Oc1ccccc1. The molecule has 226 valence electrons. The molecular weight excluding hydrogens is 563 g/mol. The Kier molecular flexibility index (Phi) is 11.4. The summed E-state index contributed by atoms with van der Waals surface area (Å²) in [6.07, 6.45) is -0.0115. The van der Waals surface area contributed by atoms with Crippen molar-refractivity contribution in [3.8, 4) is 11.5 Å². The monoisotopic (exact) mass is 602 g/mol. The molecule has 7 nitrogen and oxygen atoms in total. The van der Waals surface area contributed by atoms with Crippen LogP contribution >= 0.6 is 7.82 Å². The number of hydrogen-bond acceptors (Lipinski definition) is 7. The van der Waals surface area contributed by atoms with Crippen molar-refractivity contribution in [1.29, 1.82) is 0 Å². The van der Waals surface area contributed by atoms with Gasteiger partial charge in [-0.2, -0.15) is 0 Å². The van der Waals surface area contributed by atoms with Gasteiger partial charge in [0, 0.05) is 19.4 Å². The lowest BCUT2D eigenvalue weighted by Crippen LogP contribution is -2.50. The van der Waals surface area contributed by atoms with Gasteiger partial charge in [0.25, 0.3) is 0 Å². The summed E-state index contributed by atoms with van der Waals surface area (Å²) in [7, 11) is -4.22. The maximum atomic E-state index is 14.4. The van der Waals surface area contributed by atoms with Crippen LogP contribution in [0.5, 0.6) is 11.5 Å². The van der Waals surface area contributed by atoms with E-state index in [0.29, 0.717) is 44.2 Å². The molecule has 43 heavy (non-hydrogen) atoms. The Bertz CT molecular complexity index is 1340. The van der Waals surface area contributed by atoms with E-state index in [2.05, 4.69) is 0 Å². The highest BCUT2D eigenvalue weighted by molar-refractivity contribution is 7.49. The van der Waals surface area contributed by atoms with Crippen LogP contribution in [-0.2, 0) is 36.5 Å². The minimum absolute atomic E-state index is 0.160. The van der Waals surface area contributed by atoms with Crippen LogP contribution in [0.1, 0.15) is 37.3 Å². The second kappa shape index (κ2) is 15.9. The van der Waals surface area contributed by atoms with E-state index < -0.39 is 26.1 Å². The highest BCUT2D eigenvalue weighted by atomic mass is 31.2. The van der Waals surface area contributed by atoms with E-state index in [4.69, 9.17) is 27.8 Å². The third kappa shape index (κ3) is 9.52. The zero-order valence-corrected chi connectivity index (χ0v) is 25.3. The number of hydrogen-bond donors (Lipinski definition) is 0. The Labute approximate surface area is 254 Å². The first-order chi connectivity index (χ1) is 21.1. The fourth-order valence-electron chi connectivity index (χ4n) is 4.99. The highest BCUT2D eigenvalue weighted by Gasteiger charge is 2.47. The van der Waals surface area contributed by atoms with Crippen molar-refractivity contribution in [1.82, 2.24) is 0 Å². The second-order valence-corrected chi connectivity index (χ2v) is 11.9. The zero-order valence-electron chi connectivity index (χ0n) is 24.4. The van der Waals surface area contributed by atoms with Gasteiger partial charge in [-0.3, -0.25) is 4.52 Å². The molecule has 1 saturated carbocycles. The van der Waals surface area contributed by atoms with Gasteiger partial charge in [-0.15, -0.1) is 0 Å². The maximum Gasteiger partial charge on any atom is 0.588 e. The molecule has 0 unspecified atom stereocenters. The van der Waals surface area contributed by atoms with Crippen LogP contribution in [0.3, 0.4) is 0 Å². The molecular formula is C35H39O7P. The van der Waals surface area contributed by atoms with Crippen LogP contribution in [-0.4, -0.2) is 31.0 Å². The Morgan fingerprint density at radius 3 is 1.53 bits per heavy atom. The van der Waals surface area contributed by atoms with Crippen LogP contribution in [0.25, 0.3) is 0 Å². The van der Waals surface area contributed by atoms with E-state index in [1.54, 1.807) is 48.5 Å². The number of rotatable bonds is 15. The first-order valence-corrected chi connectivity index (χ1v) is 16.3.